The molecule has 1 aromatic heterocycles. The van der Waals surface area contributed by atoms with Gasteiger partial charge in [0.15, 0.2) is 6.20 Å². The summed E-state index contributed by atoms with van der Waals surface area (Å²) in [5.74, 6) is 0. The number of nitrogens with zero attached hydrogens (tertiary/aromatic N) is 1. The summed E-state index contributed by atoms with van der Waals surface area (Å²) in [6, 6.07) is 25.7. The van der Waals surface area contributed by atoms with E-state index < -0.39 is 0 Å². The van der Waals surface area contributed by atoms with Gasteiger partial charge < -0.3 is 24.0 Å². The number of aryl methyl sites for hydroxylation is 1. The second-order valence-corrected chi connectivity index (χ2v) is 5.84. The molecule has 4 aromatic rings. The van der Waals surface area contributed by atoms with Crippen molar-refractivity contribution in [2.24, 2.45) is 7.05 Å². The first-order chi connectivity index (χ1) is 11.3. The molecule has 24 heavy (non-hydrogen) atoms. The van der Waals surface area contributed by atoms with Gasteiger partial charge in [-0.15, -0.1) is 0 Å². The lowest BCUT2D eigenvalue weighted by Gasteiger charge is -2.02. The molecule has 0 aliphatic heterocycles. The van der Waals surface area contributed by atoms with Crippen LogP contribution >= 0.6 is 0 Å². The number of hydrogen-bond donors (Lipinski definition) is 0. The lowest BCUT2D eigenvalue weighted by molar-refractivity contribution is -0.644. The van der Waals surface area contributed by atoms with Crippen molar-refractivity contribution in [1.82, 2.24) is 0 Å². The van der Waals surface area contributed by atoms with Crippen LogP contribution in [0.3, 0.4) is 0 Å². The van der Waals surface area contributed by atoms with Gasteiger partial charge in [0.05, 0.1) is 5.39 Å². The summed E-state index contributed by atoms with van der Waals surface area (Å²) in [5, 5.41) is 3.83. The Hall–Kier alpha value is -2.20. The second-order valence-electron chi connectivity index (χ2n) is 5.84. The first-order valence-electron chi connectivity index (χ1n) is 7.85. The molecule has 118 valence electrons. The van der Waals surface area contributed by atoms with Gasteiger partial charge in [-0.05, 0) is 34.0 Å². The molecule has 0 aliphatic rings. The first kappa shape index (κ1) is 16.7. The smallest absolute Gasteiger partial charge is 0.212 e. The summed E-state index contributed by atoms with van der Waals surface area (Å²) in [6.45, 7) is 0. The van der Waals surface area contributed by atoms with E-state index in [1.807, 2.05) is 0 Å². The largest absolute Gasteiger partial charge is 1.00 e. The number of pyridine rings is 1. The summed E-state index contributed by atoms with van der Waals surface area (Å²) in [5.41, 5.74) is 3.71. The van der Waals surface area contributed by atoms with E-state index in [1.165, 1.54) is 32.8 Å². The maximum Gasteiger partial charge on any atom is 0.212 e. The van der Waals surface area contributed by atoms with Gasteiger partial charge in [0.2, 0.25) is 5.52 Å². The minimum atomic E-state index is 0. The van der Waals surface area contributed by atoms with Crippen molar-refractivity contribution in [3.05, 3.63) is 90.1 Å². The average molecular weight is 423 g/mol. The Balaban J connectivity index is 0.00000169. The number of fused-ring (bicyclic) bond motifs is 2. The third-order valence-electron chi connectivity index (χ3n) is 4.30. The fraction of sp³-hybridized carbons (Fsp3) is 0.0455. The van der Waals surface area contributed by atoms with Crippen LogP contribution in [0.5, 0.6) is 0 Å². The monoisotopic (exact) mass is 423 g/mol. The molecular weight excluding hydrogens is 405 g/mol. The van der Waals surface area contributed by atoms with Crippen LogP contribution in [0.15, 0.2) is 79.0 Å². The van der Waals surface area contributed by atoms with Crippen molar-refractivity contribution in [3.8, 4) is 0 Å². The van der Waals surface area contributed by atoms with Crippen LogP contribution in [0.2, 0.25) is 0 Å². The molecule has 0 unspecified atom stereocenters. The zero-order valence-electron chi connectivity index (χ0n) is 13.5. The Morgan fingerprint density at radius 2 is 1.50 bits per heavy atom. The first-order valence-corrected chi connectivity index (χ1v) is 7.85. The Morgan fingerprint density at radius 3 is 2.38 bits per heavy atom. The Bertz CT molecular complexity index is 1030. The van der Waals surface area contributed by atoms with E-state index in [9.17, 15) is 0 Å². The van der Waals surface area contributed by atoms with E-state index in [4.69, 9.17) is 0 Å². The minimum Gasteiger partial charge on any atom is -1.00 e. The number of rotatable bonds is 2. The summed E-state index contributed by atoms with van der Waals surface area (Å²) >= 11 is 0. The third kappa shape index (κ3) is 3.20. The average Bonchev–Trinajstić information content (AvgIpc) is 2.61. The SMILES string of the molecule is C[n+]1ccc(/C=C/c2ccc3ccccc3c2)c2ccccc21.[I-]. The molecule has 0 radical (unpaired) electrons. The fourth-order valence-corrected chi connectivity index (χ4v) is 3.03. The quantitative estimate of drug-likeness (QED) is 0.343. The number of para-hydroxylation sites is 1. The van der Waals surface area contributed by atoms with Crippen LogP contribution in [0.1, 0.15) is 11.1 Å². The molecule has 0 saturated carbocycles. The van der Waals surface area contributed by atoms with Crippen LogP contribution < -0.4 is 28.5 Å². The highest BCUT2D eigenvalue weighted by atomic mass is 127. The molecule has 0 atom stereocenters. The van der Waals surface area contributed by atoms with Gasteiger partial charge in [0.1, 0.15) is 7.05 Å². The van der Waals surface area contributed by atoms with Crippen molar-refractivity contribution in [2.45, 2.75) is 0 Å². The minimum absolute atomic E-state index is 0. The van der Waals surface area contributed by atoms with Crippen molar-refractivity contribution < 1.29 is 28.5 Å². The van der Waals surface area contributed by atoms with Crippen molar-refractivity contribution in [1.29, 1.82) is 0 Å². The van der Waals surface area contributed by atoms with Crippen LogP contribution in [0.25, 0.3) is 33.8 Å². The highest BCUT2D eigenvalue weighted by molar-refractivity contribution is 5.90. The lowest BCUT2D eigenvalue weighted by Crippen LogP contribution is -3.00. The summed E-state index contributed by atoms with van der Waals surface area (Å²) < 4.78 is 2.16. The number of hydrogen-bond acceptors (Lipinski definition) is 0. The molecule has 0 fully saturated rings. The van der Waals surface area contributed by atoms with Gasteiger partial charge in [-0.25, -0.2) is 4.57 Å². The molecule has 4 rings (SSSR count). The standard InChI is InChI=1S/C22H18N.HI/c1-23-15-14-19(21-8-4-5-9-22(21)23)13-11-17-10-12-18-6-2-3-7-20(18)16-17;/h2-16H,1H3;1H/q+1;/p-1/b13-11+;. The zero-order chi connectivity index (χ0) is 15.6. The molecule has 0 amide bonds. The van der Waals surface area contributed by atoms with Crippen LogP contribution in [0.4, 0.5) is 0 Å². The molecule has 0 N–H and O–H groups in total. The van der Waals surface area contributed by atoms with Crippen LogP contribution in [0, 0.1) is 0 Å². The van der Waals surface area contributed by atoms with Crippen LogP contribution in [-0.2, 0) is 7.05 Å². The van der Waals surface area contributed by atoms with E-state index in [-0.39, 0.29) is 24.0 Å². The normalized spacial score (nSPS) is 11.0. The van der Waals surface area contributed by atoms with E-state index >= 15 is 0 Å². The molecule has 2 heteroatoms. The highest BCUT2D eigenvalue weighted by Crippen LogP contribution is 2.20. The molecule has 0 saturated heterocycles. The van der Waals surface area contributed by atoms with Gasteiger partial charge in [0, 0.05) is 12.1 Å². The topological polar surface area (TPSA) is 3.88 Å². The summed E-state index contributed by atoms with van der Waals surface area (Å²) in [4.78, 5) is 0. The fourth-order valence-electron chi connectivity index (χ4n) is 3.03. The number of benzene rings is 3. The predicted molar refractivity (Wildman–Crippen MR) is 98.0 cm³/mol. The van der Waals surface area contributed by atoms with Gasteiger partial charge in [-0.3, -0.25) is 0 Å². The van der Waals surface area contributed by atoms with Gasteiger partial charge in [0.25, 0.3) is 0 Å². The molecule has 0 bridgehead atoms. The molecule has 0 aliphatic carbocycles. The maximum atomic E-state index is 2.23. The molecule has 0 spiro atoms. The van der Waals surface area contributed by atoms with E-state index in [0.717, 1.165) is 0 Å². The van der Waals surface area contributed by atoms with E-state index in [0.29, 0.717) is 0 Å². The van der Waals surface area contributed by atoms with E-state index in [2.05, 4.69) is 103 Å². The van der Waals surface area contributed by atoms with Gasteiger partial charge in [-0.2, -0.15) is 0 Å². The van der Waals surface area contributed by atoms with Crippen molar-refractivity contribution >= 4 is 33.8 Å². The van der Waals surface area contributed by atoms with Crippen LogP contribution in [-0.4, -0.2) is 0 Å². The number of aromatic nitrogens is 1. The predicted octanol–water partition coefficient (Wildman–Crippen LogP) is 1.99. The Kier molecular flexibility index (Phi) is 4.95. The second kappa shape index (κ2) is 7.14. The highest BCUT2D eigenvalue weighted by Gasteiger charge is 2.06. The molecular formula is C22H18IN. The zero-order valence-corrected chi connectivity index (χ0v) is 15.6. The lowest BCUT2D eigenvalue weighted by atomic mass is 10.0. The van der Waals surface area contributed by atoms with Gasteiger partial charge >= 0.3 is 0 Å². The van der Waals surface area contributed by atoms with Gasteiger partial charge in [-0.1, -0.05) is 60.7 Å². The van der Waals surface area contributed by atoms with Crippen molar-refractivity contribution in [2.75, 3.05) is 0 Å². The van der Waals surface area contributed by atoms with Crippen molar-refractivity contribution in [3.63, 3.8) is 0 Å². The summed E-state index contributed by atoms with van der Waals surface area (Å²) in [7, 11) is 2.08. The van der Waals surface area contributed by atoms with E-state index in [1.54, 1.807) is 0 Å². The summed E-state index contributed by atoms with van der Waals surface area (Å²) in [6.07, 6.45) is 6.50. The molecule has 1 heterocycles. The molecule has 1 nitrogen and oxygen atoms in total. The Morgan fingerprint density at radius 1 is 0.750 bits per heavy atom. The Labute approximate surface area is 159 Å². The molecule has 3 aromatic carbocycles. The third-order valence-corrected chi connectivity index (χ3v) is 4.30. The number of halogens is 1. The maximum absolute atomic E-state index is 2.23.